The zero-order valence-corrected chi connectivity index (χ0v) is 12.5. The van der Waals surface area contributed by atoms with E-state index in [4.69, 9.17) is 11.6 Å². The molecule has 2 aromatic rings. The molecule has 0 bridgehead atoms. The van der Waals surface area contributed by atoms with E-state index in [1.165, 1.54) is 17.7 Å². The molecule has 4 nitrogen and oxygen atoms in total. The SMILES string of the molecule is CC(C)c1ccc(C=Nc2ccc(Cl)c([N+](=O)[O-])c2)cc1. The first-order chi connectivity index (χ1) is 9.97. The van der Waals surface area contributed by atoms with Crippen molar-refractivity contribution in [1.29, 1.82) is 0 Å². The molecule has 21 heavy (non-hydrogen) atoms. The fraction of sp³-hybridized carbons (Fsp3) is 0.188. The standard InChI is InChI=1S/C16H15ClN2O2/c1-11(2)13-5-3-12(4-6-13)10-18-14-7-8-15(17)16(9-14)19(20)21/h3-11H,1-2H3. The lowest BCUT2D eigenvalue weighted by Gasteiger charge is -2.04. The normalized spacial score (nSPS) is 11.2. The molecule has 2 rings (SSSR count). The summed E-state index contributed by atoms with van der Waals surface area (Å²) in [6, 6.07) is 12.5. The Kier molecular flexibility index (Phi) is 4.70. The zero-order chi connectivity index (χ0) is 15.4. The third-order valence-electron chi connectivity index (χ3n) is 3.09. The molecule has 5 heteroatoms. The van der Waals surface area contributed by atoms with Crippen LogP contribution in [0.5, 0.6) is 0 Å². The van der Waals surface area contributed by atoms with E-state index in [1.54, 1.807) is 12.3 Å². The van der Waals surface area contributed by atoms with Crippen molar-refractivity contribution < 1.29 is 4.92 Å². The molecule has 0 heterocycles. The first-order valence-electron chi connectivity index (χ1n) is 6.55. The molecular weight excluding hydrogens is 288 g/mol. The summed E-state index contributed by atoms with van der Waals surface area (Å²) in [4.78, 5) is 14.6. The number of nitro groups is 1. The van der Waals surface area contributed by atoms with Crippen LogP contribution >= 0.6 is 11.6 Å². The Morgan fingerprint density at radius 1 is 1.19 bits per heavy atom. The lowest BCUT2D eigenvalue weighted by atomic mass is 10.0. The smallest absolute Gasteiger partial charge is 0.258 e. The van der Waals surface area contributed by atoms with Crippen molar-refractivity contribution in [3.8, 4) is 0 Å². The quantitative estimate of drug-likeness (QED) is 0.447. The monoisotopic (exact) mass is 302 g/mol. The summed E-state index contributed by atoms with van der Waals surface area (Å²) in [7, 11) is 0. The molecule has 0 unspecified atom stereocenters. The van der Waals surface area contributed by atoms with Crippen molar-refractivity contribution in [2.24, 2.45) is 4.99 Å². The van der Waals surface area contributed by atoms with Gasteiger partial charge in [0.05, 0.1) is 10.6 Å². The van der Waals surface area contributed by atoms with E-state index in [-0.39, 0.29) is 10.7 Å². The van der Waals surface area contributed by atoms with Crippen LogP contribution in [0.25, 0.3) is 0 Å². The minimum Gasteiger partial charge on any atom is -0.258 e. The molecule has 0 spiro atoms. The Hall–Kier alpha value is -2.20. The van der Waals surface area contributed by atoms with Gasteiger partial charge in [0.15, 0.2) is 0 Å². The minimum atomic E-state index is -0.515. The van der Waals surface area contributed by atoms with Crippen molar-refractivity contribution in [3.05, 3.63) is 68.7 Å². The molecule has 0 aromatic heterocycles. The number of hydrogen-bond donors (Lipinski definition) is 0. The van der Waals surface area contributed by atoms with E-state index in [1.807, 2.05) is 12.1 Å². The predicted molar refractivity (Wildman–Crippen MR) is 85.9 cm³/mol. The maximum atomic E-state index is 10.8. The van der Waals surface area contributed by atoms with E-state index in [9.17, 15) is 10.1 Å². The van der Waals surface area contributed by atoms with Gasteiger partial charge in [-0.05, 0) is 29.2 Å². The van der Waals surface area contributed by atoms with Gasteiger partial charge in [-0.1, -0.05) is 49.7 Å². The van der Waals surface area contributed by atoms with Gasteiger partial charge in [-0.15, -0.1) is 0 Å². The van der Waals surface area contributed by atoms with Gasteiger partial charge in [0, 0.05) is 12.3 Å². The molecule has 0 aliphatic heterocycles. The van der Waals surface area contributed by atoms with Gasteiger partial charge in [0.25, 0.3) is 5.69 Å². The van der Waals surface area contributed by atoms with Crippen molar-refractivity contribution in [3.63, 3.8) is 0 Å². The summed E-state index contributed by atoms with van der Waals surface area (Å²) in [5.74, 6) is 0.481. The number of nitrogens with zero attached hydrogens (tertiary/aromatic N) is 2. The Labute approximate surface area is 128 Å². The van der Waals surface area contributed by atoms with Crippen LogP contribution in [-0.4, -0.2) is 11.1 Å². The summed E-state index contributed by atoms with van der Waals surface area (Å²) in [5, 5.41) is 10.9. The molecule has 0 atom stereocenters. The molecule has 0 radical (unpaired) electrons. The highest BCUT2D eigenvalue weighted by molar-refractivity contribution is 6.32. The van der Waals surface area contributed by atoms with Gasteiger partial charge >= 0.3 is 0 Å². The molecule has 2 aromatic carbocycles. The van der Waals surface area contributed by atoms with Crippen LogP contribution in [0.2, 0.25) is 5.02 Å². The first-order valence-corrected chi connectivity index (χ1v) is 6.93. The molecule has 0 aliphatic carbocycles. The van der Waals surface area contributed by atoms with Crippen LogP contribution in [0.1, 0.15) is 30.9 Å². The first kappa shape index (κ1) is 15.2. The van der Waals surface area contributed by atoms with Crippen LogP contribution in [0, 0.1) is 10.1 Å². The average Bonchev–Trinajstić information content (AvgIpc) is 2.46. The second-order valence-electron chi connectivity index (χ2n) is 4.97. The molecule has 0 N–H and O–H groups in total. The Balaban J connectivity index is 2.21. The highest BCUT2D eigenvalue weighted by Crippen LogP contribution is 2.28. The lowest BCUT2D eigenvalue weighted by molar-refractivity contribution is -0.384. The fourth-order valence-electron chi connectivity index (χ4n) is 1.84. The number of hydrogen-bond acceptors (Lipinski definition) is 3. The maximum absolute atomic E-state index is 10.8. The number of rotatable bonds is 4. The van der Waals surface area contributed by atoms with Gasteiger partial charge in [-0.3, -0.25) is 15.1 Å². The molecule has 0 amide bonds. The number of halogens is 1. The van der Waals surface area contributed by atoms with Crippen LogP contribution in [0.4, 0.5) is 11.4 Å². The molecule has 0 saturated carbocycles. The Morgan fingerprint density at radius 2 is 1.86 bits per heavy atom. The largest absolute Gasteiger partial charge is 0.290 e. The summed E-state index contributed by atoms with van der Waals surface area (Å²) in [6.07, 6.45) is 1.68. The van der Waals surface area contributed by atoms with Gasteiger partial charge in [-0.25, -0.2) is 0 Å². The second kappa shape index (κ2) is 6.50. The van der Waals surface area contributed by atoms with Crippen molar-refractivity contribution in [1.82, 2.24) is 0 Å². The number of aliphatic imine (C=N–C) groups is 1. The van der Waals surface area contributed by atoms with Gasteiger partial charge in [-0.2, -0.15) is 0 Å². The van der Waals surface area contributed by atoms with Crippen LogP contribution in [0.15, 0.2) is 47.5 Å². The molecule has 108 valence electrons. The maximum Gasteiger partial charge on any atom is 0.290 e. The average molecular weight is 303 g/mol. The summed E-state index contributed by atoms with van der Waals surface area (Å²) >= 11 is 5.76. The number of nitro benzene ring substituents is 1. The molecule has 0 fully saturated rings. The minimum absolute atomic E-state index is 0.111. The van der Waals surface area contributed by atoms with Crippen LogP contribution in [0.3, 0.4) is 0 Å². The highest BCUT2D eigenvalue weighted by atomic mass is 35.5. The van der Waals surface area contributed by atoms with E-state index in [0.29, 0.717) is 11.6 Å². The van der Waals surface area contributed by atoms with Gasteiger partial charge < -0.3 is 0 Å². The van der Waals surface area contributed by atoms with Crippen LogP contribution < -0.4 is 0 Å². The molecular formula is C16H15ClN2O2. The third kappa shape index (κ3) is 3.89. The van der Waals surface area contributed by atoms with Crippen molar-refractivity contribution >= 4 is 29.2 Å². The topological polar surface area (TPSA) is 55.5 Å². The van der Waals surface area contributed by atoms with E-state index in [0.717, 1.165) is 5.56 Å². The van der Waals surface area contributed by atoms with Gasteiger partial charge in [0.2, 0.25) is 0 Å². The predicted octanol–water partition coefficient (Wildman–Crippen LogP) is 5.12. The number of benzene rings is 2. The fourth-order valence-corrected chi connectivity index (χ4v) is 2.02. The summed E-state index contributed by atoms with van der Waals surface area (Å²) in [5.41, 5.74) is 2.56. The Bertz CT molecular complexity index is 679. The van der Waals surface area contributed by atoms with E-state index < -0.39 is 4.92 Å². The summed E-state index contributed by atoms with van der Waals surface area (Å²) < 4.78 is 0. The summed E-state index contributed by atoms with van der Waals surface area (Å²) in [6.45, 7) is 4.27. The van der Waals surface area contributed by atoms with Gasteiger partial charge in [0.1, 0.15) is 5.02 Å². The molecule has 0 saturated heterocycles. The van der Waals surface area contributed by atoms with Crippen molar-refractivity contribution in [2.75, 3.05) is 0 Å². The highest BCUT2D eigenvalue weighted by Gasteiger charge is 2.12. The molecule has 0 aliphatic rings. The Morgan fingerprint density at radius 3 is 2.43 bits per heavy atom. The zero-order valence-electron chi connectivity index (χ0n) is 11.8. The third-order valence-corrected chi connectivity index (χ3v) is 3.41. The lowest BCUT2D eigenvalue weighted by Crippen LogP contribution is -1.89. The second-order valence-corrected chi connectivity index (χ2v) is 5.38. The van der Waals surface area contributed by atoms with Crippen LogP contribution in [-0.2, 0) is 0 Å². The van der Waals surface area contributed by atoms with E-state index in [2.05, 4.69) is 31.0 Å². The van der Waals surface area contributed by atoms with E-state index >= 15 is 0 Å². The van der Waals surface area contributed by atoms with Crippen molar-refractivity contribution in [2.45, 2.75) is 19.8 Å².